The lowest BCUT2D eigenvalue weighted by atomic mass is 9.80. The van der Waals surface area contributed by atoms with Crippen LogP contribution in [0.2, 0.25) is 0 Å². The SMILES string of the molecule is O=C(O)C1CCC(CC(=O)N2CCc3c(n(Cc4ccc(F)cc4)c4ncccc34)C2)CC1. The monoisotopic (exact) mass is 449 g/mol. The van der Waals surface area contributed by atoms with E-state index in [1.807, 2.05) is 11.0 Å². The Balaban J connectivity index is 1.35. The van der Waals surface area contributed by atoms with Gasteiger partial charge in [0.2, 0.25) is 5.91 Å². The molecule has 0 bridgehead atoms. The molecule has 0 saturated heterocycles. The predicted molar refractivity (Wildman–Crippen MR) is 122 cm³/mol. The van der Waals surface area contributed by atoms with Crippen LogP contribution in [-0.2, 0) is 29.1 Å². The number of benzene rings is 1. The Morgan fingerprint density at radius 2 is 1.85 bits per heavy atom. The summed E-state index contributed by atoms with van der Waals surface area (Å²) >= 11 is 0. The van der Waals surface area contributed by atoms with E-state index >= 15 is 0 Å². The molecule has 3 heterocycles. The highest BCUT2D eigenvalue weighted by molar-refractivity contribution is 5.84. The van der Waals surface area contributed by atoms with E-state index in [-0.39, 0.29) is 23.6 Å². The summed E-state index contributed by atoms with van der Waals surface area (Å²) in [5.41, 5.74) is 4.22. The zero-order valence-electron chi connectivity index (χ0n) is 18.5. The minimum Gasteiger partial charge on any atom is -0.481 e. The lowest BCUT2D eigenvalue weighted by Gasteiger charge is -2.31. The average molecular weight is 450 g/mol. The molecule has 0 radical (unpaired) electrons. The highest BCUT2D eigenvalue weighted by Gasteiger charge is 2.31. The van der Waals surface area contributed by atoms with E-state index in [1.54, 1.807) is 18.3 Å². The largest absolute Gasteiger partial charge is 0.481 e. The molecule has 0 spiro atoms. The molecular formula is C26H28FN3O3. The molecule has 2 aliphatic rings. The molecule has 5 rings (SSSR count). The Hall–Kier alpha value is -3.22. The van der Waals surface area contributed by atoms with Crippen LogP contribution in [0.4, 0.5) is 4.39 Å². The van der Waals surface area contributed by atoms with Crippen LogP contribution in [0.5, 0.6) is 0 Å². The van der Waals surface area contributed by atoms with E-state index in [0.29, 0.717) is 38.9 Å². The van der Waals surface area contributed by atoms with Crippen molar-refractivity contribution in [1.29, 1.82) is 0 Å². The van der Waals surface area contributed by atoms with Crippen LogP contribution >= 0.6 is 0 Å². The van der Waals surface area contributed by atoms with Crippen molar-refractivity contribution in [2.45, 2.75) is 51.6 Å². The van der Waals surface area contributed by atoms with E-state index in [9.17, 15) is 19.1 Å². The third-order valence-corrected chi connectivity index (χ3v) is 7.28. The third-order valence-electron chi connectivity index (χ3n) is 7.28. The molecule has 7 heteroatoms. The Labute approximate surface area is 192 Å². The van der Waals surface area contributed by atoms with Crippen LogP contribution in [-0.4, -0.2) is 38.0 Å². The fraction of sp³-hybridized carbons (Fsp3) is 0.423. The molecule has 6 nitrogen and oxygen atoms in total. The number of aromatic nitrogens is 2. The number of fused-ring (bicyclic) bond motifs is 3. The first-order valence-electron chi connectivity index (χ1n) is 11.7. The zero-order valence-corrected chi connectivity index (χ0v) is 18.5. The fourth-order valence-electron chi connectivity index (χ4n) is 5.41. The van der Waals surface area contributed by atoms with Gasteiger partial charge in [0.25, 0.3) is 0 Å². The van der Waals surface area contributed by atoms with Gasteiger partial charge >= 0.3 is 5.97 Å². The maximum absolute atomic E-state index is 13.4. The van der Waals surface area contributed by atoms with Crippen LogP contribution in [0.1, 0.15) is 48.9 Å². The minimum absolute atomic E-state index is 0.144. The average Bonchev–Trinajstić information content (AvgIpc) is 3.14. The van der Waals surface area contributed by atoms with E-state index in [2.05, 4.69) is 15.6 Å². The summed E-state index contributed by atoms with van der Waals surface area (Å²) in [7, 11) is 0. The van der Waals surface area contributed by atoms with Crippen molar-refractivity contribution in [2.75, 3.05) is 6.54 Å². The van der Waals surface area contributed by atoms with Gasteiger partial charge in [-0.05, 0) is 73.4 Å². The number of rotatable bonds is 5. The quantitative estimate of drug-likeness (QED) is 0.627. The first-order chi connectivity index (χ1) is 16.0. The molecular weight excluding hydrogens is 421 g/mol. The van der Waals surface area contributed by atoms with Crippen LogP contribution in [0, 0.1) is 17.7 Å². The van der Waals surface area contributed by atoms with Crippen molar-refractivity contribution in [1.82, 2.24) is 14.5 Å². The van der Waals surface area contributed by atoms with Crippen molar-refractivity contribution in [3.8, 4) is 0 Å². The molecule has 3 aromatic rings. The minimum atomic E-state index is -0.717. The summed E-state index contributed by atoms with van der Waals surface area (Å²) in [5, 5.41) is 10.3. The maximum atomic E-state index is 13.4. The van der Waals surface area contributed by atoms with E-state index in [0.717, 1.165) is 41.6 Å². The van der Waals surface area contributed by atoms with Crippen LogP contribution in [0.3, 0.4) is 0 Å². The lowest BCUT2D eigenvalue weighted by Crippen LogP contribution is -2.38. The zero-order chi connectivity index (χ0) is 22.9. The number of aliphatic carboxylic acids is 1. The van der Waals surface area contributed by atoms with Gasteiger partial charge in [0.15, 0.2) is 0 Å². The topological polar surface area (TPSA) is 75.4 Å². The molecule has 33 heavy (non-hydrogen) atoms. The van der Waals surface area contributed by atoms with Gasteiger partial charge in [-0.3, -0.25) is 9.59 Å². The van der Waals surface area contributed by atoms with Crippen molar-refractivity contribution in [3.63, 3.8) is 0 Å². The summed E-state index contributed by atoms with van der Waals surface area (Å²) < 4.78 is 15.6. The molecule has 1 N–H and O–H groups in total. The van der Waals surface area contributed by atoms with Crippen molar-refractivity contribution < 1.29 is 19.1 Å². The number of nitrogens with zero attached hydrogens (tertiary/aromatic N) is 3. The molecule has 1 fully saturated rings. The van der Waals surface area contributed by atoms with Gasteiger partial charge in [-0.25, -0.2) is 9.37 Å². The normalized spacial score (nSPS) is 20.6. The molecule has 2 aromatic heterocycles. The number of hydrogen-bond donors (Lipinski definition) is 1. The molecule has 1 saturated carbocycles. The molecule has 0 atom stereocenters. The van der Waals surface area contributed by atoms with Crippen LogP contribution < -0.4 is 0 Å². The molecule has 1 aliphatic heterocycles. The summed E-state index contributed by atoms with van der Waals surface area (Å²) in [6.07, 6.45) is 5.98. The van der Waals surface area contributed by atoms with Crippen molar-refractivity contribution in [3.05, 3.63) is 65.2 Å². The fourth-order valence-corrected chi connectivity index (χ4v) is 5.41. The summed E-state index contributed by atoms with van der Waals surface area (Å²) in [6, 6.07) is 10.5. The second-order valence-corrected chi connectivity index (χ2v) is 9.34. The number of amides is 1. The number of carboxylic acids is 1. The van der Waals surface area contributed by atoms with Gasteiger partial charge in [0.05, 0.1) is 12.5 Å². The first kappa shape index (κ1) is 21.6. The molecule has 172 valence electrons. The highest BCUT2D eigenvalue weighted by Crippen LogP contribution is 2.34. The maximum Gasteiger partial charge on any atom is 0.306 e. The number of carbonyl (C=O) groups is 2. The number of hydrogen-bond acceptors (Lipinski definition) is 3. The van der Waals surface area contributed by atoms with Gasteiger partial charge in [-0.2, -0.15) is 0 Å². The van der Waals surface area contributed by atoms with Gasteiger partial charge in [0.1, 0.15) is 11.5 Å². The Morgan fingerprint density at radius 3 is 2.58 bits per heavy atom. The second-order valence-electron chi connectivity index (χ2n) is 9.34. The second kappa shape index (κ2) is 8.96. The van der Waals surface area contributed by atoms with Crippen LogP contribution in [0.15, 0.2) is 42.6 Å². The number of pyridine rings is 1. The molecule has 0 unspecified atom stereocenters. The molecule has 1 aromatic carbocycles. The summed E-state index contributed by atoms with van der Waals surface area (Å²) in [4.78, 5) is 30.9. The number of halogens is 1. The molecule has 1 amide bonds. The van der Waals surface area contributed by atoms with Crippen molar-refractivity contribution >= 4 is 22.9 Å². The van der Waals surface area contributed by atoms with Gasteiger partial charge < -0.3 is 14.6 Å². The Morgan fingerprint density at radius 1 is 1.09 bits per heavy atom. The van der Waals surface area contributed by atoms with Crippen LogP contribution in [0.25, 0.3) is 11.0 Å². The van der Waals surface area contributed by atoms with Gasteiger partial charge in [-0.1, -0.05) is 12.1 Å². The number of carboxylic acid groups (broad SMARTS) is 1. The summed E-state index contributed by atoms with van der Waals surface area (Å²) in [6.45, 7) is 1.79. The van der Waals surface area contributed by atoms with Gasteiger partial charge in [-0.15, -0.1) is 0 Å². The Kier molecular flexibility index (Phi) is 5.87. The first-order valence-corrected chi connectivity index (χ1v) is 11.7. The standard InChI is InChI=1S/C26H28FN3O3/c27-20-9-5-18(6-10-20)15-30-23-16-29(13-11-21(23)22-2-1-12-28-25(22)30)24(31)14-17-3-7-19(8-4-17)26(32)33/h1-2,5-6,9-10,12,17,19H,3-4,7-8,11,13-16H2,(H,32,33). The smallest absolute Gasteiger partial charge is 0.306 e. The van der Waals surface area contributed by atoms with Gasteiger partial charge in [0, 0.05) is 36.8 Å². The van der Waals surface area contributed by atoms with E-state index in [1.165, 1.54) is 17.7 Å². The molecule has 1 aliphatic carbocycles. The Bertz CT molecular complexity index is 1180. The number of carbonyl (C=O) groups excluding carboxylic acids is 1. The predicted octanol–water partition coefficient (Wildman–Crippen LogP) is 4.39. The highest BCUT2D eigenvalue weighted by atomic mass is 19.1. The van der Waals surface area contributed by atoms with Crippen molar-refractivity contribution in [2.24, 2.45) is 11.8 Å². The van der Waals surface area contributed by atoms with E-state index < -0.39 is 5.97 Å². The summed E-state index contributed by atoms with van der Waals surface area (Å²) in [5.74, 6) is -0.827. The van der Waals surface area contributed by atoms with E-state index in [4.69, 9.17) is 0 Å². The third kappa shape index (κ3) is 4.36. The lowest BCUT2D eigenvalue weighted by molar-refractivity contribution is -0.143.